The first-order valence-electron chi connectivity index (χ1n) is 5.41. The van der Waals surface area contributed by atoms with Gasteiger partial charge in [-0.05, 0) is 23.6 Å². The molecule has 3 nitrogen and oxygen atoms in total. The molecule has 0 aromatic heterocycles. The molecule has 0 heterocycles. The number of halogens is 2. The summed E-state index contributed by atoms with van der Waals surface area (Å²) in [6, 6.07) is 3.82. The summed E-state index contributed by atoms with van der Waals surface area (Å²) in [5, 5.41) is 8.68. The molecule has 0 radical (unpaired) electrons. The quantitative estimate of drug-likeness (QED) is 0.834. The Labute approximate surface area is 110 Å². The van der Waals surface area contributed by atoms with Crippen LogP contribution in [0.5, 0.6) is 0 Å². The van der Waals surface area contributed by atoms with E-state index in [-0.39, 0.29) is 29.2 Å². The summed E-state index contributed by atoms with van der Waals surface area (Å²) in [7, 11) is 0. The number of benzene rings is 1. The number of carbonyl (C=O) groups excluding carboxylic acids is 1. The molecule has 0 aliphatic heterocycles. The average molecular weight is 273 g/mol. The van der Waals surface area contributed by atoms with Crippen LogP contribution in [0.4, 0.5) is 4.39 Å². The first kappa shape index (κ1) is 14.6. The number of carboxylic acid groups (broad SMARTS) is 1. The van der Waals surface area contributed by atoms with Crippen molar-refractivity contribution in [2.45, 2.75) is 26.7 Å². The Kier molecular flexibility index (Phi) is 4.46. The highest BCUT2D eigenvalue weighted by Crippen LogP contribution is 2.27. The largest absolute Gasteiger partial charge is 0.481 e. The lowest BCUT2D eigenvalue weighted by Gasteiger charge is -2.21. The van der Waals surface area contributed by atoms with E-state index in [1.54, 1.807) is 13.8 Å². The third-order valence-corrected chi connectivity index (χ3v) is 2.82. The van der Waals surface area contributed by atoms with Crippen molar-refractivity contribution in [3.05, 3.63) is 34.6 Å². The number of hydrogen-bond acceptors (Lipinski definition) is 2. The number of ketones is 1. The molecule has 0 unspecified atom stereocenters. The lowest BCUT2D eigenvalue weighted by atomic mass is 9.82. The van der Waals surface area contributed by atoms with Gasteiger partial charge in [0.25, 0.3) is 0 Å². The molecule has 0 saturated heterocycles. The molecule has 1 rings (SSSR count). The fourth-order valence-electron chi connectivity index (χ4n) is 1.68. The molecule has 0 aliphatic carbocycles. The Balaban J connectivity index is 2.82. The van der Waals surface area contributed by atoms with Crippen LogP contribution in [0.1, 0.15) is 37.0 Å². The number of Topliss-reactive ketones (excluding diaryl/α,β-unsaturated/α-hetero) is 1. The molecule has 0 bridgehead atoms. The maximum absolute atomic E-state index is 13.2. The van der Waals surface area contributed by atoms with E-state index in [1.807, 2.05) is 0 Å². The van der Waals surface area contributed by atoms with E-state index in [4.69, 9.17) is 16.7 Å². The predicted molar refractivity (Wildman–Crippen MR) is 66.4 cm³/mol. The molecule has 0 atom stereocenters. The summed E-state index contributed by atoms with van der Waals surface area (Å²) in [4.78, 5) is 22.5. The minimum absolute atomic E-state index is 0.0420. The van der Waals surface area contributed by atoms with Crippen LogP contribution < -0.4 is 0 Å². The summed E-state index contributed by atoms with van der Waals surface area (Å²) >= 11 is 5.52. The third-order valence-electron chi connectivity index (χ3n) is 2.51. The molecule has 0 saturated carbocycles. The topological polar surface area (TPSA) is 54.4 Å². The molecule has 98 valence electrons. The second-order valence-corrected chi connectivity index (χ2v) is 5.37. The van der Waals surface area contributed by atoms with Gasteiger partial charge in [-0.15, -0.1) is 0 Å². The molecule has 18 heavy (non-hydrogen) atoms. The van der Waals surface area contributed by atoms with E-state index in [9.17, 15) is 14.0 Å². The Morgan fingerprint density at radius 2 is 1.94 bits per heavy atom. The average Bonchev–Trinajstić information content (AvgIpc) is 2.19. The van der Waals surface area contributed by atoms with Crippen LogP contribution in [-0.4, -0.2) is 16.9 Å². The highest BCUT2D eigenvalue weighted by atomic mass is 35.5. The van der Waals surface area contributed by atoms with Crippen LogP contribution in [0.2, 0.25) is 5.02 Å². The minimum atomic E-state index is -0.963. The normalized spacial score (nSPS) is 11.3. The van der Waals surface area contributed by atoms with Gasteiger partial charge in [-0.2, -0.15) is 0 Å². The third kappa shape index (κ3) is 4.11. The van der Waals surface area contributed by atoms with Crippen molar-refractivity contribution in [1.29, 1.82) is 0 Å². The van der Waals surface area contributed by atoms with Gasteiger partial charge < -0.3 is 5.11 Å². The van der Waals surface area contributed by atoms with Crippen LogP contribution in [0, 0.1) is 11.2 Å². The second kappa shape index (κ2) is 5.48. The van der Waals surface area contributed by atoms with Gasteiger partial charge in [0, 0.05) is 12.0 Å². The van der Waals surface area contributed by atoms with Gasteiger partial charge in [0.1, 0.15) is 5.82 Å². The summed E-state index contributed by atoms with van der Waals surface area (Å²) in [5.74, 6) is -1.91. The molecule has 1 aromatic carbocycles. The van der Waals surface area contributed by atoms with Gasteiger partial charge in [0.05, 0.1) is 11.4 Å². The zero-order chi connectivity index (χ0) is 13.9. The fraction of sp³-hybridized carbons (Fsp3) is 0.385. The number of carbonyl (C=O) groups is 2. The van der Waals surface area contributed by atoms with Crippen molar-refractivity contribution in [1.82, 2.24) is 0 Å². The van der Waals surface area contributed by atoms with Crippen molar-refractivity contribution in [3.8, 4) is 0 Å². The van der Waals surface area contributed by atoms with Gasteiger partial charge in [0.15, 0.2) is 5.78 Å². The predicted octanol–water partition coefficient (Wildman–Crippen LogP) is 3.55. The highest BCUT2D eigenvalue weighted by Gasteiger charge is 2.26. The van der Waals surface area contributed by atoms with Crippen LogP contribution in [0.3, 0.4) is 0 Å². The Bertz CT molecular complexity index is 483. The monoisotopic (exact) mass is 272 g/mol. The van der Waals surface area contributed by atoms with Gasteiger partial charge in [-0.25, -0.2) is 4.39 Å². The van der Waals surface area contributed by atoms with E-state index in [0.717, 1.165) is 6.07 Å². The minimum Gasteiger partial charge on any atom is -0.481 e. The molecular formula is C13H14ClFO3. The van der Waals surface area contributed by atoms with E-state index in [0.29, 0.717) is 0 Å². The van der Waals surface area contributed by atoms with Crippen molar-refractivity contribution >= 4 is 23.4 Å². The number of aliphatic carboxylic acids is 1. The second-order valence-electron chi connectivity index (χ2n) is 4.96. The molecule has 0 aliphatic rings. The SMILES string of the molecule is CC(C)(CC(=O)O)CC(=O)c1ccc(Cl)c(F)c1. The molecule has 0 fully saturated rings. The maximum Gasteiger partial charge on any atom is 0.303 e. The number of carboxylic acids is 1. The first-order valence-corrected chi connectivity index (χ1v) is 5.79. The molecule has 1 aromatic rings. The van der Waals surface area contributed by atoms with E-state index < -0.39 is 17.2 Å². The highest BCUT2D eigenvalue weighted by molar-refractivity contribution is 6.30. The zero-order valence-corrected chi connectivity index (χ0v) is 10.9. The van der Waals surface area contributed by atoms with Crippen molar-refractivity contribution < 1.29 is 19.1 Å². The van der Waals surface area contributed by atoms with Crippen LogP contribution >= 0.6 is 11.6 Å². The fourth-order valence-corrected chi connectivity index (χ4v) is 1.80. The molecule has 0 amide bonds. The molecule has 0 spiro atoms. The molecule has 5 heteroatoms. The Hall–Kier alpha value is -1.42. The van der Waals surface area contributed by atoms with Gasteiger partial charge >= 0.3 is 5.97 Å². The van der Waals surface area contributed by atoms with Crippen LogP contribution in [-0.2, 0) is 4.79 Å². The summed E-state index contributed by atoms with van der Waals surface area (Å²) < 4.78 is 13.2. The smallest absolute Gasteiger partial charge is 0.303 e. The lowest BCUT2D eigenvalue weighted by molar-refractivity contribution is -0.139. The zero-order valence-electron chi connectivity index (χ0n) is 10.2. The van der Waals surface area contributed by atoms with Crippen molar-refractivity contribution in [2.75, 3.05) is 0 Å². The van der Waals surface area contributed by atoms with Crippen LogP contribution in [0.25, 0.3) is 0 Å². The Morgan fingerprint density at radius 3 is 2.44 bits per heavy atom. The molecule has 1 N–H and O–H groups in total. The Morgan fingerprint density at radius 1 is 1.33 bits per heavy atom. The number of rotatable bonds is 5. The van der Waals surface area contributed by atoms with E-state index in [1.165, 1.54) is 12.1 Å². The lowest BCUT2D eigenvalue weighted by Crippen LogP contribution is -2.21. The van der Waals surface area contributed by atoms with Crippen LogP contribution in [0.15, 0.2) is 18.2 Å². The van der Waals surface area contributed by atoms with Crippen molar-refractivity contribution in [2.24, 2.45) is 5.41 Å². The first-order chi connectivity index (χ1) is 8.21. The summed E-state index contributed by atoms with van der Waals surface area (Å²) in [6.45, 7) is 3.37. The molecular weight excluding hydrogens is 259 g/mol. The van der Waals surface area contributed by atoms with Gasteiger partial charge in [0.2, 0.25) is 0 Å². The van der Waals surface area contributed by atoms with Gasteiger partial charge in [-0.3, -0.25) is 9.59 Å². The summed E-state index contributed by atoms with van der Waals surface area (Å²) in [5.41, 5.74) is -0.464. The summed E-state index contributed by atoms with van der Waals surface area (Å²) in [6.07, 6.45) is -0.0742. The standard InChI is InChI=1S/C13H14ClFO3/c1-13(2,7-12(17)18)6-11(16)8-3-4-9(14)10(15)5-8/h3-5H,6-7H2,1-2H3,(H,17,18). The van der Waals surface area contributed by atoms with Crippen molar-refractivity contribution in [3.63, 3.8) is 0 Å². The van der Waals surface area contributed by atoms with E-state index >= 15 is 0 Å². The number of hydrogen-bond donors (Lipinski definition) is 1. The van der Waals surface area contributed by atoms with Gasteiger partial charge in [-0.1, -0.05) is 25.4 Å². The van der Waals surface area contributed by atoms with E-state index in [2.05, 4.69) is 0 Å². The maximum atomic E-state index is 13.2.